The van der Waals surface area contributed by atoms with E-state index in [0.717, 1.165) is 35.5 Å². The molecule has 3 N–H and O–H groups in total. The third kappa shape index (κ3) is 4.41. The number of fused-ring (bicyclic) bond motifs is 1. The molecule has 8 nitrogen and oxygen atoms in total. The molecular formula is C27H23N5O3. The zero-order chi connectivity index (χ0) is 24.4. The molecule has 0 atom stereocenters. The summed E-state index contributed by atoms with van der Waals surface area (Å²) in [6, 6.07) is 21.6. The van der Waals surface area contributed by atoms with Crippen LogP contribution in [0.5, 0.6) is 5.88 Å². The molecule has 0 amide bonds. The van der Waals surface area contributed by atoms with Gasteiger partial charge in [0.25, 0.3) is 5.69 Å². The lowest BCUT2D eigenvalue weighted by molar-refractivity contribution is -0.384. The van der Waals surface area contributed by atoms with Crippen LogP contribution in [0.15, 0.2) is 84.0 Å². The molecule has 3 aromatic carbocycles. The van der Waals surface area contributed by atoms with Crippen molar-refractivity contribution in [3.63, 3.8) is 0 Å². The van der Waals surface area contributed by atoms with E-state index < -0.39 is 4.92 Å². The van der Waals surface area contributed by atoms with Crippen molar-refractivity contribution < 1.29 is 10.0 Å². The number of rotatable bonds is 7. The first-order valence-electron chi connectivity index (χ1n) is 11.3. The van der Waals surface area contributed by atoms with Gasteiger partial charge in [-0.25, -0.2) is 9.98 Å². The largest absolute Gasteiger partial charge is 0.494 e. The number of nitrogens with one attached hydrogen (secondary N) is 2. The van der Waals surface area contributed by atoms with Crippen LogP contribution in [0, 0.1) is 10.1 Å². The molecule has 5 aromatic rings. The number of hydrogen-bond acceptors (Lipinski definition) is 5. The fourth-order valence-corrected chi connectivity index (χ4v) is 4.10. The molecule has 174 valence electrons. The van der Waals surface area contributed by atoms with Gasteiger partial charge in [-0.1, -0.05) is 49.4 Å². The fraction of sp³-hybridized carbons (Fsp3) is 0.111. The molecule has 0 fully saturated rings. The van der Waals surface area contributed by atoms with Crippen molar-refractivity contribution in [2.75, 3.05) is 0 Å². The number of aromatic hydroxyl groups is 1. The van der Waals surface area contributed by atoms with Crippen LogP contribution in [-0.2, 0) is 6.42 Å². The summed E-state index contributed by atoms with van der Waals surface area (Å²) in [7, 11) is 0. The van der Waals surface area contributed by atoms with Gasteiger partial charge in [-0.05, 0) is 30.2 Å². The summed E-state index contributed by atoms with van der Waals surface area (Å²) in [6.45, 7) is 2.11. The minimum Gasteiger partial charge on any atom is -0.494 e. The molecule has 0 unspecified atom stereocenters. The summed E-state index contributed by atoms with van der Waals surface area (Å²) in [5.41, 5.74) is 4.84. The molecule has 0 radical (unpaired) electrons. The van der Waals surface area contributed by atoms with Gasteiger partial charge in [-0.3, -0.25) is 10.1 Å². The second-order valence-electron chi connectivity index (χ2n) is 8.20. The Balaban J connectivity index is 1.61. The summed E-state index contributed by atoms with van der Waals surface area (Å²) in [4.78, 5) is 26.5. The number of H-pyrrole nitrogens is 2. The summed E-state index contributed by atoms with van der Waals surface area (Å²) in [5.74, 6) is 0.862. The Hall–Kier alpha value is -4.72. The Morgan fingerprint density at radius 1 is 1.06 bits per heavy atom. The van der Waals surface area contributed by atoms with Crippen LogP contribution >= 0.6 is 0 Å². The van der Waals surface area contributed by atoms with Gasteiger partial charge in [-0.2, -0.15) is 0 Å². The third-order valence-electron chi connectivity index (χ3n) is 5.79. The highest BCUT2D eigenvalue weighted by molar-refractivity contribution is 6.22. The van der Waals surface area contributed by atoms with Crippen molar-refractivity contribution in [3.8, 4) is 17.1 Å². The van der Waals surface area contributed by atoms with E-state index in [1.54, 1.807) is 6.07 Å². The van der Waals surface area contributed by atoms with Crippen LogP contribution in [-0.4, -0.2) is 30.7 Å². The van der Waals surface area contributed by atoms with Crippen LogP contribution < -0.4 is 0 Å². The number of imidazole rings is 1. The smallest absolute Gasteiger partial charge is 0.270 e. The van der Waals surface area contributed by atoms with Crippen molar-refractivity contribution >= 4 is 28.0 Å². The van der Waals surface area contributed by atoms with Crippen LogP contribution in [0.25, 0.3) is 22.2 Å². The maximum absolute atomic E-state index is 11.4. The Kier molecular flexibility index (Phi) is 5.85. The number of aliphatic imine (C=N–C) groups is 1. The highest BCUT2D eigenvalue weighted by atomic mass is 16.6. The number of aromatic nitrogens is 3. The molecule has 0 aliphatic rings. The number of aryl methyl sites for hydroxylation is 1. The SMILES string of the molecule is CCCc1ncc(-c2ccc(N=C(c3ccccc3)c3c(O)[nH]c4ccc([N+](=O)[O-])cc34)cc2)[nH]1. The molecule has 8 heteroatoms. The molecule has 0 saturated heterocycles. The topological polar surface area (TPSA) is 120 Å². The molecular weight excluding hydrogens is 442 g/mol. The van der Waals surface area contributed by atoms with Gasteiger partial charge in [-0.15, -0.1) is 0 Å². The van der Waals surface area contributed by atoms with Gasteiger partial charge in [0.15, 0.2) is 5.88 Å². The minimum absolute atomic E-state index is 0.0588. The predicted molar refractivity (Wildman–Crippen MR) is 136 cm³/mol. The summed E-state index contributed by atoms with van der Waals surface area (Å²) in [5, 5.41) is 22.7. The zero-order valence-electron chi connectivity index (χ0n) is 19.0. The first-order chi connectivity index (χ1) is 17.0. The molecule has 0 aliphatic carbocycles. The average molecular weight is 466 g/mol. The molecule has 0 saturated carbocycles. The number of nitro benzene ring substituents is 1. The van der Waals surface area contributed by atoms with E-state index in [-0.39, 0.29) is 11.6 Å². The predicted octanol–water partition coefficient (Wildman–Crippen LogP) is 6.29. The number of non-ortho nitro benzene ring substituents is 1. The van der Waals surface area contributed by atoms with E-state index in [1.165, 1.54) is 12.1 Å². The molecule has 0 bridgehead atoms. The Bertz CT molecular complexity index is 1530. The molecule has 2 heterocycles. The van der Waals surface area contributed by atoms with Crippen LogP contribution in [0.3, 0.4) is 0 Å². The van der Waals surface area contributed by atoms with E-state index in [4.69, 9.17) is 4.99 Å². The fourth-order valence-electron chi connectivity index (χ4n) is 4.10. The normalized spacial score (nSPS) is 11.7. The molecule has 35 heavy (non-hydrogen) atoms. The summed E-state index contributed by atoms with van der Waals surface area (Å²) < 4.78 is 0. The zero-order valence-corrected chi connectivity index (χ0v) is 19.0. The second-order valence-corrected chi connectivity index (χ2v) is 8.20. The van der Waals surface area contributed by atoms with Crippen molar-refractivity contribution in [1.82, 2.24) is 15.0 Å². The molecule has 0 aliphatic heterocycles. The lowest BCUT2D eigenvalue weighted by atomic mass is 10.0. The van der Waals surface area contributed by atoms with Gasteiger partial charge in [0, 0.05) is 35.0 Å². The maximum atomic E-state index is 11.4. The average Bonchev–Trinajstić information content (AvgIpc) is 3.47. The quantitative estimate of drug-likeness (QED) is 0.148. The van der Waals surface area contributed by atoms with E-state index in [2.05, 4.69) is 21.9 Å². The summed E-state index contributed by atoms with van der Waals surface area (Å²) in [6.07, 6.45) is 3.75. The maximum Gasteiger partial charge on any atom is 0.270 e. The van der Waals surface area contributed by atoms with Gasteiger partial charge in [0.2, 0.25) is 0 Å². The van der Waals surface area contributed by atoms with E-state index in [1.807, 2.05) is 60.8 Å². The number of benzene rings is 3. The van der Waals surface area contributed by atoms with Crippen molar-refractivity contribution in [2.45, 2.75) is 19.8 Å². The number of hydrogen-bond donors (Lipinski definition) is 3. The van der Waals surface area contributed by atoms with Gasteiger partial charge in [0.1, 0.15) is 5.82 Å². The van der Waals surface area contributed by atoms with E-state index in [0.29, 0.717) is 27.9 Å². The van der Waals surface area contributed by atoms with Crippen LogP contribution in [0.2, 0.25) is 0 Å². The highest BCUT2D eigenvalue weighted by Crippen LogP contribution is 2.34. The number of nitro groups is 1. The number of nitrogens with zero attached hydrogens (tertiary/aromatic N) is 3. The van der Waals surface area contributed by atoms with Crippen molar-refractivity contribution in [1.29, 1.82) is 0 Å². The lowest BCUT2D eigenvalue weighted by Gasteiger charge is -2.08. The first-order valence-corrected chi connectivity index (χ1v) is 11.3. The minimum atomic E-state index is -0.452. The van der Waals surface area contributed by atoms with Gasteiger partial charge >= 0.3 is 0 Å². The second kappa shape index (κ2) is 9.26. The van der Waals surface area contributed by atoms with E-state index >= 15 is 0 Å². The van der Waals surface area contributed by atoms with Gasteiger partial charge in [0.05, 0.1) is 33.8 Å². The lowest BCUT2D eigenvalue weighted by Crippen LogP contribution is -2.03. The van der Waals surface area contributed by atoms with Gasteiger partial charge < -0.3 is 15.1 Å². The Labute approximate surface area is 201 Å². The van der Waals surface area contributed by atoms with Crippen LogP contribution in [0.1, 0.15) is 30.3 Å². The standard InChI is InChI=1S/C27H23N5O3/c1-2-6-24-28-16-23(30-24)17-9-11-19(12-10-17)29-26(18-7-4-3-5-8-18)25-21-15-20(32(34)35)13-14-22(21)31-27(25)33/h3-5,7-16,31,33H,2,6H2,1H3,(H,28,30). The Morgan fingerprint density at radius 2 is 1.83 bits per heavy atom. The monoisotopic (exact) mass is 465 g/mol. The Morgan fingerprint density at radius 3 is 2.54 bits per heavy atom. The first kappa shape index (κ1) is 22.1. The third-order valence-corrected chi connectivity index (χ3v) is 5.79. The molecule has 5 rings (SSSR count). The van der Waals surface area contributed by atoms with Crippen molar-refractivity contribution in [3.05, 3.63) is 106 Å². The molecule has 0 spiro atoms. The molecule has 2 aromatic heterocycles. The van der Waals surface area contributed by atoms with E-state index in [9.17, 15) is 15.2 Å². The van der Waals surface area contributed by atoms with Crippen LogP contribution in [0.4, 0.5) is 11.4 Å². The van der Waals surface area contributed by atoms with Crippen molar-refractivity contribution in [2.24, 2.45) is 4.99 Å². The summed E-state index contributed by atoms with van der Waals surface area (Å²) >= 11 is 0. The number of aromatic amines is 2. The highest BCUT2D eigenvalue weighted by Gasteiger charge is 2.21.